The lowest BCUT2D eigenvalue weighted by Gasteiger charge is -2.38. The molecular formula is C24H25ClN4O3S. The van der Waals surface area contributed by atoms with E-state index in [-0.39, 0.29) is 5.75 Å². The molecule has 2 aromatic carbocycles. The molecule has 0 amide bonds. The highest BCUT2D eigenvalue weighted by Gasteiger charge is 2.34. The second-order valence-electron chi connectivity index (χ2n) is 8.25. The maximum atomic E-state index is 10.4. The lowest BCUT2D eigenvalue weighted by Crippen LogP contribution is -2.47. The van der Waals surface area contributed by atoms with Gasteiger partial charge in [-0.25, -0.2) is 0 Å². The smallest absolute Gasteiger partial charge is 0.258 e. The van der Waals surface area contributed by atoms with Gasteiger partial charge in [0, 0.05) is 22.8 Å². The third kappa shape index (κ3) is 4.67. The number of phenols is 1. The molecule has 0 saturated carbocycles. The molecule has 4 rings (SSSR count). The van der Waals surface area contributed by atoms with E-state index in [9.17, 15) is 5.11 Å². The van der Waals surface area contributed by atoms with Crippen LogP contribution in [0.1, 0.15) is 38.3 Å². The first-order chi connectivity index (χ1) is 15.8. The van der Waals surface area contributed by atoms with Crippen molar-refractivity contribution in [2.45, 2.75) is 26.8 Å². The van der Waals surface area contributed by atoms with E-state index in [4.69, 9.17) is 33.1 Å². The van der Waals surface area contributed by atoms with Gasteiger partial charge >= 0.3 is 0 Å². The number of thiocarbonyl (C=S) groups is 1. The van der Waals surface area contributed by atoms with Crippen LogP contribution >= 0.6 is 23.8 Å². The number of nitrogens with zero attached hydrogens (tertiary/aromatic N) is 3. The van der Waals surface area contributed by atoms with Crippen LogP contribution in [0, 0.1) is 5.92 Å². The van der Waals surface area contributed by atoms with Crippen LogP contribution in [0.15, 0.2) is 52.7 Å². The number of aromatic hydroxyl groups is 1. The number of allylic oxidation sites excluding steroid dienone is 1. The Morgan fingerprint density at radius 3 is 2.61 bits per heavy atom. The lowest BCUT2D eigenvalue weighted by atomic mass is 9.94. The van der Waals surface area contributed by atoms with Crippen molar-refractivity contribution >= 4 is 34.5 Å². The van der Waals surface area contributed by atoms with Crippen LogP contribution in [0.4, 0.5) is 0 Å². The summed E-state index contributed by atoms with van der Waals surface area (Å²) in [5.74, 6) is 1.65. The number of phenolic OH excluding ortho intramolecular Hbond substituents is 1. The van der Waals surface area contributed by atoms with Gasteiger partial charge in [-0.1, -0.05) is 36.7 Å². The Hall–Kier alpha value is -3.10. The number of nitrogens with one attached hydrogen (secondary N) is 1. The van der Waals surface area contributed by atoms with Gasteiger partial charge in [0.15, 0.2) is 16.6 Å². The maximum Gasteiger partial charge on any atom is 0.258 e. The van der Waals surface area contributed by atoms with E-state index in [0.717, 1.165) is 28.9 Å². The van der Waals surface area contributed by atoms with Crippen molar-refractivity contribution in [3.8, 4) is 22.9 Å². The van der Waals surface area contributed by atoms with E-state index in [0.29, 0.717) is 33.5 Å². The largest absolute Gasteiger partial charge is 0.504 e. The highest BCUT2D eigenvalue weighted by atomic mass is 35.5. The van der Waals surface area contributed by atoms with Crippen LogP contribution in [0.2, 0.25) is 5.02 Å². The quantitative estimate of drug-likeness (QED) is 0.448. The number of hydrogen-bond acceptors (Lipinski definition) is 6. The zero-order valence-corrected chi connectivity index (χ0v) is 20.4. The molecule has 1 aliphatic heterocycles. The van der Waals surface area contributed by atoms with Crippen LogP contribution in [0.5, 0.6) is 11.5 Å². The summed E-state index contributed by atoms with van der Waals surface area (Å²) in [5, 5.41) is 19.2. The van der Waals surface area contributed by atoms with Crippen molar-refractivity contribution in [1.82, 2.24) is 20.4 Å². The molecule has 2 heterocycles. The summed E-state index contributed by atoms with van der Waals surface area (Å²) < 4.78 is 10.9. The van der Waals surface area contributed by atoms with Gasteiger partial charge in [0.2, 0.25) is 5.82 Å². The third-order valence-corrected chi connectivity index (χ3v) is 6.03. The molecule has 7 nitrogen and oxygen atoms in total. The Labute approximate surface area is 203 Å². The van der Waals surface area contributed by atoms with Gasteiger partial charge in [-0.05, 0) is 67.0 Å². The monoisotopic (exact) mass is 484 g/mol. The van der Waals surface area contributed by atoms with Crippen LogP contribution < -0.4 is 10.1 Å². The third-order valence-electron chi connectivity index (χ3n) is 5.44. The molecule has 0 bridgehead atoms. The summed E-state index contributed by atoms with van der Waals surface area (Å²) in [6, 6.07) is 12.1. The van der Waals surface area contributed by atoms with E-state index in [1.807, 2.05) is 30.0 Å². The summed E-state index contributed by atoms with van der Waals surface area (Å²) in [5.41, 5.74) is 3.30. The minimum absolute atomic E-state index is 0.0386. The molecule has 2 N–H and O–H groups in total. The Morgan fingerprint density at radius 2 is 1.97 bits per heavy atom. The topological polar surface area (TPSA) is 83.7 Å². The van der Waals surface area contributed by atoms with E-state index in [1.165, 1.54) is 7.11 Å². The van der Waals surface area contributed by atoms with Crippen molar-refractivity contribution in [2.24, 2.45) is 5.92 Å². The van der Waals surface area contributed by atoms with Gasteiger partial charge in [-0.3, -0.25) is 0 Å². The number of aromatic nitrogens is 2. The second-order valence-corrected chi connectivity index (χ2v) is 9.07. The Bertz CT molecular complexity index is 1210. The molecule has 0 saturated heterocycles. The lowest BCUT2D eigenvalue weighted by molar-refractivity contribution is 0.371. The maximum absolute atomic E-state index is 10.4. The average Bonchev–Trinajstić information content (AvgIpc) is 3.26. The SMILES string of the molecule is COc1ccc(C2NC(=S)N(CC(C)C)C(C)=C2c2nc(-c3ccc(Cl)cc3)no2)cc1O. The fraction of sp³-hybridized carbons (Fsp3) is 0.292. The summed E-state index contributed by atoms with van der Waals surface area (Å²) in [6.07, 6.45) is 0. The number of ether oxygens (including phenoxy) is 1. The number of benzene rings is 2. The predicted molar refractivity (Wildman–Crippen MR) is 132 cm³/mol. The van der Waals surface area contributed by atoms with Crippen molar-refractivity contribution < 1.29 is 14.4 Å². The van der Waals surface area contributed by atoms with E-state index < -0.39 is 6.04 Å². The summed E-state index contributed by atoms with van der Waals surface area (Å²) in [4.78, 5) is 6.72. The van der Waals surface area contributed by atoms with Crippen LogP contribution in [0.25, 0.3) is 17.0 Å². The van der Waals surface area contributed by atoms with E-state index in [2.05, 4.69) is 29.3 Å². The molecule has 0 spiro atoms. The second kappa shape index (κ2) is 9.41. The molecule has 1 aliphatic rings. The van der Waals surface area contributed by atoms with Crippen molar-refractivity contribution in [3.05, 3.63) is 64.6 Å². The molecule has 1 aromatic heterocycles. The van der Waals surface area contributed by atoms with Gasteiger partial charge in [0.1, 0.15) is 0 Å². The van der Waals surface area contributed by atoms with Gasteiger partial charge < -0.3 is 24.6 Å². The highest BCUT2D eigenvalue weighted by molar-refractivity contribution is 7.80. The Morgan fingerprint density at radius 1 is 1.24 bits per heavy atom. The number of rotatable bonds is 6. The molecule has 0 radical (unpaired) electrons. The first-order valence-corrected chi connectivity index (χ1v) is 11.3. The molecule has 172 valence electrons. The first-order valence-electron chi connectivity index (χ1n) is 10.5. The molecule has 1 atom stereocenters. The van der Waals surface area contributed by atoms with E-state index >= 15 is 0 Å². The first kappa shape index (κ1) is 23.1. The molecule has 33 heavy (non-hydrogen) atoms. The average molecular weight is 485 g/mol. The molecule has 0 fully saturated rings. The number of methoxy groups -OCH3 is 1. The van der Waals surface area contributed by atoms with Crippen LogP contribution in [-0.2, 0) is 0 Å². The number of halogens is 1. The fourth-order valence-corrected chi connectivity index (χ4v) is 4.28. The van der Waals surface area contributed by atoms with Gasteiger partial charge in [0.05, 0.1) is 18.7 Å². The van der Waals surface area contributed by atoms with Gasteiger partial charge in [0.25, 0.3) is 5.89 Å². The fourth-order valence-electron chi connectivity index (χ4n) is 3.83. The predicted octanol–water partition coefficient (Wildman–Crippen LogP) is 5.42. The van der Waals surface area contributed by atoms with Crippen molar-refractivity contribution in [1.29, 1.82) is 0 Å². The normalized spacial score (nSPS) is 16.4. The van der Waals surface area contributed by atoms with Crippen molar-refractivity contribution in [2.75, 3.05) is 13.7 Å². The van der Waals surface area contributed by atoms with E-state index in [1.54, 1.807) is 24.3 Å². The summed E-state index contributed by atoms with van der Waals surface area (Å²) >= 11 is 11.7. The van der Waals surface area contributed by atoms with Gasteiger partial charge in [-0.15, -0.1) is 0 Å². The molecule has 0 aliphatic carbocycles. The number of hydrogen-bond donors (Lipinski definition) is 2. The molecular weight excluding hydrogens is 460 g/mol. The highest BCUT2D eigenvalue weighted by Crippen LogP contribution is 2.40. The standard InChI is InChI=1S/C24H25ClN4O3S/c1-13(2)12-29-14(3)20(23-27-22(28-32-23)15-5-8-17(25)9-6-15)21(26-24(29)33)16-7-10-19(31-4)18(30)11-16/h5-11,13,21,30H,12H2,1-4H3,(H,26,33). The Kier molecular flexibility index (Phi) is 6.58. The Balaban J connectivity index is 1.82. The molecule has 9 heteroatoms. The molecule has 1 unspecified atom stereocenters. The zero-order valence-electron chi connectivity index (χ0n) is 18.8. The molecule has 3 aromatic rings. The summed E-state index contributed by atoms with van der Waals surface area (Å²) in [7, 11) is 1.51. The van der Waals surface area contributed by atoms with Crippen molar-refractivity contribution in [3.63, 3.8) is 0 Å². The van der Waals surface area contributed by atoms with Gasteiger partial charge in [-0.2, -0.15) is 4.98 Å². The zero-order chi connectivity index (χ0) is 23.7. The summed E-state index contributed by atoms with van der Waals surface area (Å²) in [6.45, 7) is 7.00. The van der Waals surface area contributed by atoms with Crippen LogP contribution in [0.3, 0.4) is 0 Å². The minimum Gasteiger partial charge on any atom is -0.504 e. The van der Waals surface area contributed by atoms with Crippen LogP contribution in [-0.4, -0.2) is 38.9 Å². The minimum atomic E-state index is -0.392.